The zero-order valence-electron chi connectivity index (χ0n) is 28.7. The summed E-state index contributed by atoms with van der Waals surface area (Å²) < 4.78 is 87.4. The predicted octanol–water partition coefficient (Wildman–Crippen LogP) is 11.9. The number of fused-ring (bicyclic) bond motifs is 12. The highest BCUT2D eigenvalue weighted by molar-refractivity contribution is 6.20. The van der Waals surface area contributed by atoms with E-state index in [1.165, 1.54) is 9.13 Å². The van der Waals surface area contributed by atoms with E-state index in [-0.39, 0.29) is 0 Å². The molecule has 0 saturated carbocycles. The average Bonchev–Trinajstić information content (AvgIpc) is 3.86. The molecule has 6 aromatic carbocycles. The van der Waals surface area contributed by atoms with Gasteiger partial charge >= 0.3 is 6.18 Å². The fourth-order valence-electron chi connectivity index (χ4n) is 8.85. The van der Waals surface area contributed by atoms with Crippen molar-refractivity contribution in [1.29, 1.82) is 0 Å². The van der Waals surface area contributed by atoms with Crippen molar-refractivity contribution in [3.05, 3.63) is 139 Å². The summed E-state index contributed by atoms with van der Waals surface area (Å²) >= 11 is 0. The summed E-state index contributed by atoms with van der Waals surface area (Å²) in [6.07, 6.45) is -5.17. The summed E-state index contributed by atoms with van der Waals surface area (Å²) in [4.78, 5) is 3.83. The van der Waals surface area contributed by atoms with Crippen molar-refractivity contribution >= 4 is 87.2 Å². The van der Waals surface area contributed by atoms with Crippen LogP contribution in [0.15, 0.2) is 121 Å². The third-order valence-electron chi connectivity index (χ3n) is 11.2. The number of nitrogens with zero attached hydrogens (tertiary/aromatic N) is 5. The van der Waals surface area contributed by atoms with Crippen LogP contribution in [0.25, 0.3) is 98.7 Å². The first-order valence-electron chi connectivity index (χ1n) is 17.4. The average molecular weight is 720 g/mol. The highest BCUT2D eigenvalue weighted by Crippen LogP contribution is 2.46. The highest BCUT2D eigenvalue weighted by Gasteiger charge is 2.43. The largest absolute Gasteiger partial charge is 0.422 e. The van der Waals surface area contributed by atoms with Crippen molar-refractivity contribution in [3.8, 4) is 11.5 Å². The fourth-order valence-corrected chi connectivity index (χ4v) is 8.85. The summed E-state index contributed by atoms with van der Waals surface area (Å²) in [5.74, 6) is -4.08. The summed E-state index contributed by atoms with van der Waals surface area (Å²) in [6.45, 7) is 0. The van der Waals surface area contributed by atoms with Crippen LogP contribution in [0, 0.1) is 11.8 Å². The third-order valence-corrected chi connectivity index (χ3v) is 11.2. The van der Waals surface area contributed by atoms with Crippen LogP contribution >= 0.6 is 0 Å². The van der Waals surface area contributed by atoms with Gasteiger partial charge < -0.3 is 13.7 Å². The van der Waals surface area contributed by atoms with E-state index in [4.69, 9.17) is 0 Å². The molecule has 262 valence electrons. The lowest BCUT2D eigenvalue weighted by Gasteiger charge is -2.21. The molecule has 11 rings (SSSR count). The number of aromatic nitrogens is 5. The SMILES string of the molecule is Cn1c2ccccc2c2cc3c(cc21)c1ccccc1n3-c1nc(F)c(F)c(-n2c3ccccc3c3cc4c(cc32)c2ccccc2n4C)c1C(F)(F)F. The molecule has 0 fully saturated rings. The molecular weight excluding hydrogens is 694 g/mol. The minimum Gasteiger partial charge on any atom is -0.344 e. The number of benzene rings is 6. The van der Waals surface area contributed by atoms with Gasteiger partial charge in [-0.2, -0.15) is 26.9 Å². The Hall–Kier alpha value is -6.68. The molecule has 0 bridgehead atoms. The van der Waals surface area contributed by atoms with Gasteiger partial charge in [0.15, 0.2) is 5.82 Å². The van der Waals surface area contributed by atoms with Gasteiger partial charge in [-0.25, -0.2) is 0 Å². The molecule has 11 aromatic rings. The molecule has 0 aliphatic heterocycles. The molecule has 0 aliphatic rings. The molecule has 0 aliphatic carbocycles. The third kappa shape index (κ3) is 3.89. The van der Waals surface area contributed by atoms with E-state index in [0.717, 1.165) is 43.6 Å². The van der Waals surface area contributed by atoms with Gasteiger partial charge in [0.2, 0.25) is 5.82 Å². The van der Waals surface area contributed by atoms with Crippen molar-refractivity contribution in [2.75, 3.05) is 0 Å². The van der Waals surface area contributed by atoms with E-state index in [9.17, 15) is 0 Å². The van der Waals surface area contributed by atoms with Gasteiger partial charge in [-0.05, 0) is 48.5 Å². The quantitative estimate of drug-likeness (QED) is 0.129. The molecule has 0 radical (unpaired) electrons. The first-order chi connectivity index (χ1) is 26.1. The number of alkyl halides is 3. The van der Waals surface area contributed by atoms with E-state index < -0.39 is 35.0 Å². The van der Waals surface area contributed by atoms with Gasteiger partial charge in [-0.15, -0.1) is 0 Å². The zero-order chi connectivity index (χ0) is 36.8. The molecule has 0 amide bonds. The molecule has 0 atom stereocenters. The summed E-state index contributed by atoms with van der Waals surface area (Å²) in [5.41, 5.74) is 2.65. The number of hydrogen-bond acceptors (Lipinski definition) is 1. The van der Waals surface area contributed by atoms with Crippen LogP contribution in [0.2, 0.25) is 0 Å². The smallest absolute Gasteiger partial charge is 0.344 e. The lowest BCUT2D eigenvalue weighted by molar-refractivity contribution is -0.137. The Morgan fingerprint density at radius 2 is 0.815 bits per heavy atom. The first-order valence-corrected chi connectivity index (χ1v) is 17.4. The Morgan fingerprint density at radius 1 is 0.444 bits per heavy atom. The molecule has 10 heteroatoms. The number of aryl methyl sites for hydroxylation is 2. The van der Waals surface area contributed by atoms with Crippen LogP contribution in [0.4, 0.5) is 22.0 Å². The van der Waals surface area contributed by atoms with E-state index >= 15 is 22.0 Å². The Balaban J connectivity index is 1.33. The van der Waals surface area contributed by atoms with E-state index in [2.05, 4.69) is 4.98 Å². The van der Waals surface area contributed by atoms with E-state index in [0.29, 0.717) is 43.6 Å². The molecule has 0 saturated heterocycles. The van der Waals surface area contributed by atoms with Crippen LogP contribution in [0.3, 0.4) is 0 Å². The topological polar surface area (TPSA) is 32.6 Å². The molecule has 54 heavy (non-hydrogen) atoms. The predicted molar refractivity (Wildman–Crippen MR) is 206 cm³/mol. The van der Waals surface area contributed by atoms with Gasteiger partial charge in [0.25, 0.3) is 5.95 Å². The number of hydrogen-bond donors (Lipinski definition) is 0. The first kappa shape index (κ1) is 30.9. The number of para-hydroxylation sites is 4. The Morgan fingerprint density at radius 3 is 1.30 bits per heavy atom. The van der Waals surface area contributed by atoms with Crippen molar-refractivity contribution in [3.63, 3.8) is 0 Å². The van der Waals surface area contributed by atoms with Crippen LogP contribution in [0.5, 0.6) is 0 Å². The Kier molecular flexibility index (Phi) is 5.99. The van der Waals surface area contributed by atoms with Gasteiger partial charge in [0.05, 0.1) is 22.1 Å². The number of halogens is 5. The summed E-state index contributed by atoms with van der Waals surface area (Å²) in [7, 11) is 3.87. The zero-order valence-corrected chi connectivity index (χ0v) is 28.7. The van der Waals surface area contributed by atoms with E-state index in [1.807, 2.05) is 96.0 Å². The maximum Gasteiger partial charge on any atom is 0.422 e. The second kappa shape index (κ2) is 10.5. The molecule has 5 aromatic heterocycles. The van der Waals surface area contributed by atoms with Gasteiger partial charge in [0, 0.05) is 79.3 Å². The second-order valence-corrected chi connectivity index (χ2v) is 13.9. The van der Waals surface area contributed by atoms with Crippen molar-refractivity contribution in [2.24, 2.45) is 14.1 Å². The minimum absolute atomic E-state index is 0.299. The highest BCUT2D eigenvalue weighted by atomic mass is 19.4. The molecule has 0 spiro atoms. The second-order valence-electron chi connectivity index (χ2n) is 13.9. The lowest BCUT2D eigenvalue weighted by atomic mass is 10.1. The van der Waals surface area contributed by atoms with Gasteiger partial charge in [-0.3, -0.25) is 4.57 Å². The maximum absolute atomic E-state index is 16.6. The standard InChI is InChI=1S/C44H26F5N5/c1-51-31-15-7-3-11-23(31)27-21-37-29(19-35(27)51)25-13-5-9-17-33(25)53(37)41-39(44(47,48)49)43(50-42(46)40(41)45)54-34-18-10-6-14-26(34)30-20-36-28(22-38(30)54)24-12-4-8-16-32(24)52(36)2/h3-22H,1-2H3. The van der Waals surface area contributed by atoms with Gasteiger partial charge in [-0.1, -0.05) is 72.8 Å². The van der Waals surface area contributed by atoms with Gasteiger partial charge in [0.1, 0.15) is 11.3 Å². The maximum atomic E-state index is 16.6. The van der Waals surface area contributed by atoms with Crippen molar-refractivity contribution in [1.82, 2.24) is 23.3 Å². The summed E-state index contributed by atoms with van der Waals surface area (Å²) in [5, 5.41) is 5.88. The molecule has 5 heterocycles. The molecule has 0 unspecified atom stereocenters. The van der Waals surface area contributed by atoms with Crippen LogP contribution in [0.1, 0.15) is 5.56 Å². The Labute approximate surface area is 302 Å². The Bertz CT molecular complexity index is 3430. The monoisotopic (exact) mass is 719 g/mol. The molecule has 5 nitrogen and oxygen atoms in total. The molecule has 0 N–H and O–H groups in total. The summed E-state index contributed by atoms with van der Waals surface area (Å²) in [6, 6.07) is 36.9. The van der Waals surface area contributed by atoms with E-state index in [1.54, 1.807) is 48.5 Å². The van der Waals surface area contributed by atoms with Crippen LogP contribution < -0.4 is 0 Å². The minimum atomic E-state index is -5.17. The normalized spacial score (nSPS) is 12.7. The van der Waals surface area contributed by atoms with Crippen molar-refractivity contribution in [2.45, 2.75) is 6.18 Å². The van der Waals surface area contributed by atoms with Crippen molar-refractivity contribution < 1.29 is 22.0 Å². The van der Waals surface area contributed by atoms with Crippen LogP contribution in [-0.2, 0) is 20.3 Å². The number of rotatable bonds is 2. The lowest BCUT2D eigenvalue weighted by Crippen LogP contribution is -2.20. The van der Waals surface area contributed by atoms with Crippen LogP contribution in [-0.4, -0.2) is 23.3 Å². The fraction of sp³-hybridized carbons (Fsp3) is 0.0682. The number of pyridine rings is 1. The molecular formula is C44H26F5N5.